The Bertz CT molecular complexity index is 298. The van der Waals surface area contributed by atoms with Crippen molar-refractivity contribution in [1.29, 1.82) is 0 Å². The Kier molecular flexibility index (Phi) is 3.38. The van der Waals surface area contributed by atoms with Crippen molar-refractivity contribution in [2.75, 3.05) is 0 Å². The predicted molar refractivity (Wildman–Crippen MR) is 47.2 cm³/mol. The van der Waals surface area contributed by atoms with Gasteiger partial charge in [-0.3, -0.25) is 0 Å². The summed E-state index contributed by atoms with van der Waals surface area (Å²) in [6.07, 6.45) is 0. The summed E-state index contributed by atoms with van der Waals surface area (Å²) in [7, 11) is -2.04. The molecule has 3 nitrogen and oxygen atoms in total. The Hall–Kier alpha value is -0.485. The van der Waals surface area contributed by atoms with E-state index in [0.717, 1.165) is 12.1 Å². The lowest BCUT2D eigenvalue weighted by atomic mass is 10.2. The number of rotatable bonds is 2. The van der Waals surface area contributed by atoms with Gasteiger partial charge in [-0.05, 0) is 12.1 Å². The predicted octanol–water partition coefficient (Wildman–Crippen LogP) is 1.48. The van der Waals surface area contributed by atoms with E-state index >= 15 is 0 Å². The molecule has 0 atom stereocenters. The van der Waals surface area contributed by atoms with E-state index in [1.807, 2.05) is 0 Å². The summed E-state index contributed by atoms with van der Waals surface area (Å²) in [6, 6.07) is 1.90. The smallest absolute Gasteiger partial charge is 0.510 e. The van der Waals surface area contributed by atoms with Gasteiger partial charge in [0, 0.05) is 0 Å². The minimum atomic E-state index is -2.04. The largest absolute Gasteiger partial charge is 0.707 e. The summed E-state index contributed by atoms with van der Waals surface area (Å²) < 4.78 is 17.0. The highest BCUT2D eigenvalue weighted by Gasteiger charge is 2.17. The van der Waals surface area contributed by atoms with E-state index in [1.165, 1.54) is 0 Å². The van der Waals surface area contributed by atoms with Crippen LogP contribution in [0.2, 0.25) is 10.0 Å². The third-order valence-electron chi connectivity index (χ3n) is 1.19. The molecule has 1 aromatic carbocycles. The molecule has 0 unspecified atom stereocenters. The van der Waals surface area contributed by atoms with Gasteiger partial charge >= 0.3 is 7.32 Å². The normalized spacial score (nSPS) is 9.92. The van der Waals surface area contributed by atoms with Gasteiger partial charge in [0.05, 0.1) is 10.0 Å². The first-order valence-electron chi connectivity index (χ1n) is 3.18. The fourth-order valence-electron chi connectivity index (χ4n) is 0.747. The number of hydrogen-bond donors (Lipinski definition) is 2. The maximum atomic E-state index is 12.6. The third-order valence-corrected chi connectivity index (χ3v) is 1.75. The molecule has 0 aliphatic heterocycles. The van der Waals surface area contributed by atoms with E-state index < -0.39 is 13.1 Å². The van der Waals surface area contributed by atoms with Crippen molar-refractivity contribution in [3.63, 3.8) is 0 Å². The van der Waals surface area contributed by atoms with Crippen LogP contribution >= 0.6 is 23.2 Å². The zero-order valence-electron chi connectivity index (χ0n) is 6.17. The molecule has 2 N–H and O–H groups in total. The van der Waals surface area contributed by atoms with E-state index in [1.54, 1.807) is 0 Å². The maximum absolute atomic E-state index is 12.6. The van der Waals surface area contributed by atoms with Crippen molar-refractivity contribution in [3.8, 4) is 5.75 Å². The Labute approximate surface area is 83.8 Å². The second-order valence-corrected chi connectivity index (χ2v) is 2.96. The molecule has 0 heterocycles. The second kappa shape index (κ2) is 4.15. The molecular weight excluding hydrogens is 221 g/mol. The molecule has 0 amide bonds. The minimum absolute atomic E-state index is 0.127. The van der Waals surface area contributed by atoms with Crippen LogP contribution in [0.4, 0.5) is 4.39 Å². The molecule has 7 heteroatoms. The van der Waals surface area contributed by atoms with Crippen molar-refractivity contribution in [1.82, 2.24) is 0 Å². The molecule has 0 aliphatic rings. The molecule has 70 valence electrons. The van der Waals surface area contributed by atoms with Crippen LogP contribution in [0.25, 0.3) is 0 Å². The van der Waals surface area contributed by atoms with Gasteiger partial charge in [0.2, 0.25) is 0 Å². The van der Waals surface area contributed by atoms with Crippen LogP contribution in [-0.4, -0.2) is 17.4 Å². The molecule has 13 heavy (non-hydrogen) atoms. The molecular formula is C6H4BCl2FO3. The summed E-state index contributed by atoms with van der Waals surface area (Å²) in [5.41, 5.74) is 0. The van der Waals surface area contributed by atoms with Crippen molar-refractivity contribution in [2.45, 2.75) is 0 Å². The van der Waals surface area contributed by atoms with Gasteiger partial charge in [0.25, 0.3) is 0 Å². The highest BCUT2D eigenvalue weighted by atomic mass is 35.5. The average Bonchev–Trinajstić information content (AvgIpc) is 1.96. The van der Waals surface area contributed by atoms with Gasteiger partial charge in [-0.2, -0.15) is 0 Å². The Balaban J connectivity index is 3.06. The van der Waals surface area contributed by atoms with Gasteiger partial charge in [-0.15, -0.1) is 0 Å². The highest BCUT2D eigenvalue weighted by molar-refractivity contribution is 6.39. The quantitative estimate of drug-likeness (QED) is 0.749. The fraction of sp³-hybridized carbons (Fsp3) is 0. The number of hydrogen-bond acceptors (Lipinski definition) is 3. The van der Waals surface area contributed by atoms with Crippen molar-refractivity contribution >= 4 is 30.5 Å². The first-order valence-corrected chi connectivity index (χ1v) is 3.93. The van der Waals surface area contributed by atoms with Gasteiger partial charge in [0.1, 0.15) is 11.6 Å². The van der Waals surface area contributed by atoms with Crippen molar-refractivity contribution < 1.29 is 19.1 Å². The lowest BCUT2D eigenvalue weighted by molar-refractivity contribution is 0.288. The Morgan fingerprint density at radius 2 is 1.69 bits per heavy atom. The van der Waals surface area contributed by atoms with Crippen LogP contribution in [0.3, 0.4) is 0 Å². The molecule has 0 saturated heterocycles. The third kappa shape index (κ3) is 2.74. The molecule has 0 spiro atoms. The van der Waals surface area contributed by atoms with Gasteiger partial charge in [0.15, 0.2) is 0 Å². The summed E-state index contributed by atoms with van der Waals surface area (Å²) in [5, 5.41) is 16.6. The van der Waals surface area contributed by atoms with Gasteiger partial charge in [-0.1, -0.05) is 23.2 Å². The van der Waals surface area contributed by atoms with E-state index in [-0.39, 0.29) is 15.8 Å². The maximum Gasteiger partial charge on any atom is 0.707 e. The van der Waals surface area contributed by atoms with Crippen LogP contribution in [0.1, 0.15) is 0 Å². The van der Waals surface area contributed by atoms with E-state index in [9.17, 15) is 4.39 Å². The summed E-state index contributed by atoms with van der Waals surface area (Å²) in [4.78, 5) is 0. The monoisotopic (exact) mass is 224 g/mol. The molecule has 0 fully saturated rings. The first-order chi connectivity index (χ1) is 6.00. The highest BCUT2D eigenvalue weighted by Crippen LogP contribution is 2.33. The summed E-state index contributed by atoms with van der Waals surface area (Å²) >= 11 is 11.0. The van der Waals surface area contributed by atoms with Crippen LogP contribution in [-0.2, 0) is 0 Å². The SMILES string of the molecule is OB(O)Oc1c(Cl)cc(F)cc1Cl. The average molecular weight is 225 g/mol. The topological polar surface area (TPSA) is 49.7 Å². The zero-order chi connectivity index (χ0) is 10.0. The van der Waals surface area contributed by atoms with Gasteiger partial charge < -0.3 is 14.7 Å². The standard InChI is InChI=1S/C6H4BCl2FO3/c8-4-1-3(10)2-5(9)6(4)13-7(11)12/h1-2,11-12H. The van der Waals surface area contributed by atoms with E-state index in [0.29, 0.717) is 0 Å². The lowest BCUT2D eigenvalue weighted by Gasteiger charge is -2.08. The van der Waals surface area contributed by atoms with E-state index in [4.69, 9.17) is 33.2 Å². The Morgan fingerprint density at radius 3 is 2.08 bits per heavy atom. The minimum Gasteiger partial charge on any atom is -0.510 e. The molecule has 0 saturated carbocycles. The first kappa shape index (κ1) is 10.6. The molecule has 0 aliphatic carbocycles. The van der Waals surface area contributed by atoms with Crippen LogP contribution in [0.5, 0.6) is 5.75 Å². The summed E-state index contributed by atoms with van der Waals surface area (Å²) in [5.74, 6) is -0.797. The fourth-order valence-corrected chi connectivity index (χ4v) is 1.30. The van der Waals surface area contributed by atoms with Crippen molar-refractivity contribution in [2.24, 2.45) is 0 Å². The number of benzene rings is 1. The summed E-state index contributed by atoms with van der Waals surface area (Å²) in [6.45, 7) is 0. The molecule has 0 bridgehead atoms. The zero-order valence-corrected chi connectivity index (χ0v) is 7.68. The lowest BCUT2D eigenvalue weighted by Crippen LogP contribution is -2.21. The number of halogens is 3. The molecule has 1 aromatic rings. The van der Waals surface area contributed by atoms with Gasteiger partial charge in [-0.25, -0.2) is 4.39 Å². The molecule has 0 radical (unpaired) electrons. The molecule has 1 rings (SSSR count). The van der Waals surface area contributed by atoms with E-state index in [2.05, 4.69) is 4.65 Å². The van der Waals surface area contributed by atoms with Crippen LogP contribution in [0.15, 0.2) is 12.1 Å². The Morgan fingerprint density at radius 1 is 1.23 bits per heavy atom. The van der Waals surface area contributed by atoms with Crippen molar-refractivity contribution in [3.05, 3.63) is 28.0 Å². The van der Waals surface area contributed by atoms with Crippen LogP contribution < -0.4 is 4.65 Å². The molecule has 0 aromatic heterocycles. The van der Waals surface area contributed by atoms with Crippen LogP contribution in [0, 0.1) is 5.82 Å². The second-order valence-electron chi connectivity index (χ2n) is 2.14.